The van der Waals surface area contributed by atoms with E-state index in [1.807, 2.05) is 24.3 Å². The Balaban J connectivity index is 1.33. The molecule has 2 aromatic rings. The number of ether oxygens (including phenoxy) is 1. The molecule has 7 heteroatoms. The Hall–Kier alpha value is -2.54. The molecule has 0 aromatic heterocycles. The topological polar surface area (TPSA) is 41.6 Å². The lowest BCUT2D eigenvalue weighted by Gasteiger charge is -2.28. The van der Waals surface area contributed by atoms with Gasteiger partial charge in [-0.1, -0.05) is 12.1 Å². The first-order valence-corrected chi connectivity index (χ1v) is 9.32. The van der Waals surface area contributed by atoms with Gasteiger partial charge in [-0.25, -0.2) is 0 Å². The first-order chi connectivity index (χ1) is 13.4. The molecule has 1 aliphatic carbocycles. The van der Waals surface area contributed by atoms with Gasteiger partial charge < -0.3 is 15.0 Å². The van der Waals surface area contributed by atoms with Gasteiger partial charge in [-0.3, -0.25) is 4.79 Å². The highest BCUT2D eigenvalue weighted by Gasteiger charge is 2.44. The minimum atomic E-state index is -4.34. The molecule has 2 aliphatic rings. The lowest BCUT2D eigenvalue weighted by Crippen LogP contribution is -2.36. The zero-order valence-electron chi connectivity index (χ0n) is 15.2. The van der Waals surface area contributed by atoms with Crippen LogP contribution >= 0.6 is 0 Å². The molecule has 28 heavy (non-hydrogen) atoms. The summed E-state index contributed by atoms with van der Waals surface area (Å²) in [5.41, 5.74) is 1.92. The Bertz CT molecular complexity index is 828. The van der Waals surface area contributed by atoms with E-state index < -0.39 is 11.7 Å². The molecule has 0 radical (unpaired) electrons. The molecule has 1 aliphatic heterocycles. The average Bonchev–Trinajstić information content (AvgIpc) is 3.50. The predicted molar refractivity (Wildman–Crippen MR) is 100 cm³/mol. The van der Waals surface area contributed by atoms with E-state index in [1.54, 1.807) is 0 Å². The van der Waals surface area contributed by atoms with Crippen molar-refractivity contribution >= 4 is 17.3 Å². The minimum absolute atomic E-state index is 0.0186. The highest BCUT2D eigenvalue weighted by atomic mass is 19.4. The zero-order chi connectivity index (χ0) is 19.7. The lowest BCUT2D eigenvalue weighted by atomic mass is 10.1. The maximum absolute atomic E-state index is 12.7. The number of carbonyl (C=O) groups excluding carboxylic acids is 1. The van der Waals surface area contributed by atoms with Gasteiger partial charge in [-0.05, 0) is 54.3 Å². The van der Waals surface area contributed by atoms with Gasteiger partial charge in [-0.2, -0.15) is 13.2 Å². The molecule has 2 fully saturated rings. The van der Waals surface area contributed by atoms with E-state index in [9.17, 15) is 18.0 Å². The second-order valence-corrected chi connectivity index (χ2v) is 7.20. The monoisotopic (exact) mass is 390 g/mol. The van der Waals surface area contributed by atoms with Crippen molar-refractivity contribution in [3.05, 3.63) is 59.7 Å². The second kappa shape index (κ2) is 7.47. The second-order valence-electron chi connectivity index (χ2n) is 7.20. The summed E-state index contributed by atoms with van der Waals surface area (Å²) in [5.74, 6) is -0.311. The Morgan fingerprint density at radius 3 is 2.25 bits per heavy atom. The fourth-order valence-electron chi connectivity index (χ4n) is 3.58. The summed E-state index contributed by atoms with van der Waals surface area (Å²) in [7, 11) is 0. The van der Waals surface area contributed by atoms with Crippen molar-refractivity contribution in [2.45, 2.75) is 18.5 Å². The van der Waals surface area contributed by atoms with Gasteiger partial charge in [0.25, 0.3) is 0 Å². The number of hydrogen-bond donors (Lipinski definition) is 1. The number of carbonyl (C=O) groups is 1. The molecule has 148 valence electrons. The molecule has 2 atom stereocenters. The molecular formula is C21H21F3N2O2. The molecule has 0 unspecified atom stereocenters. The SMILES string of the molecule is O=C(Nc1ccc(N2CCOCC2)cc1)[C@H]1C[C@H]1c1ccc(C(F)(F)F)cc1. The maximum atomic E-state index is 12.7. The summed E-state index contributed by atoms with van der Waals surface area (Å²) in [6.07, 6.45) is -3.69. The van der Waals surface area contributed by atoms with E-state index in [4.69, 9.17) is 4.74 Å². The number of nitrogens with zero attached hydrogens (tertiary/aromatic N) is 1. The van der Waals surface area contributed by atoms with Crippen LogP contribution in [-0.2, 0) is 15.7 Å². The van der Waals surface area contributed by atoms with E-state index in [0.29, 0.717) is 19.6 Å². The Labute approximate surface area is 161 Å². The van der Waals surface area contributed by atoms with Crippen LogP contribution in [0.5, 0.6) is 0 Å². The Kier molecular flexibility index (Phi) is 5.02. The summed E-state index contributed by atoms with van der Waals surface area (Å²) < 4.78 is 43.3. The van der Waals surface area contributed by atoms with Crippen LogP contribution in [0.2, 0.25) is 0 Å². The van der Waals surface area contributed by atoms with Crippen LogP contribution in [0.25, 0.3) is 0 Å². The minimum Gasteiger partial charge on any atom is -0.378 e. The largest absolute Gasteiger partial charge is 0.416 e. The summed E-state index contributed by atoms with van der Waals surface area (Å²) in [6.45, 7) is 3.13. The molecule has 2 aromatic carbocycles. The molecule has 1 N–H and O–H groups in total. The van der Waals surface area contributed by atoms with Crippen LogP contribution in [0, 0.1) is 5.92 Å². The van der Waals surface area contributed by atoms with Gasteiger partial charge in [0, 0.05) is 30.4 Å². The number of benzene rings is 2. The fourth-order valence-corrected chi connectivity index (χ4v) is 3.58. The van der Waals surface area contributed by atoms with E-state index in [2.05, 4.69) is 10.2 Å². The molecule has 1 amide bonds. The number of morpholine rings is 1. The Morgan fingerprint density at radius 1 is 1.00 bits per heavy atom. The molecule has 4 nitrogen and oxygen atoms in total. The molecule has 1 saturated heterocycles. The van der Waals surface area contributed by atoms with Crippen molar-refractivity contribution in [1.82, 2.24) is 0 Å². The van der Waals surface area contributed by atoms with Gasteiger partial charge in [0.2, 0.25) is 5.91 Å². The summed E-state index contributed by atoms with van der Waals surface area (Å²) in [6, 6.07) is 12.8. The number of hydrogen-bond acceptors (Lipinski definition) is 3. The first-order valence-electron chi connectivity index (χ1n) is 9.32. The number of amides is 1. The van der Waals surface area contributed by atoms with Crippen LogP contribution in [0.3, 0.4) is 0 Å². The zero-order valence-corrected chi connectivity index (χ0v) is 15.2. The number of halogens is 3. The average molecular weight is 390 g/mol. The highest BCUT2D eigenvalue weighted by Crippen LogP contribution is 2.48. The quantitative estimate of drug-likeness (QED) is 0.847. The van der Waals surface area contributed by atoms with E-state index in [-0.39, 0.29) is 17.7 Å². The van der Waals surface area contributed by atoms with Gasteiger partial charge >= 0.3 is 6.18 Å². The van der Waals surface area contributed by atoms with Crippen LogP contribution in [0.1, 0.15) is 23.5 Å². The Morgan fingerprint density at radius 2 is 1.64 bits per heavy atom. The van der Waals surface area contributed by atoms with Gasteiger partial charge in [0.1, 0.15) is 0 Å². The normalized spacial score (nSPS) is 22.0. The van der Waals surface area contributed by atoms with Crippen molar-refractivity contribution in [1.29, 1.82) is 0 Å². The van der Waals surface area contributed by atoms with Crippen molar-refractivity contribution in [2.24, 2.45) is 5.92 Å². The fraction of sp³-hybridized carbons (Fsp3) is 0.381. The lowest BCUT2D eigenvalue weighted by molar-refractivity contribution is -0.137. The maximum Gasteiger partial charge on any atom is 0.416 e. The molecular weight excluding hydrogens is 369 g/mol. The van der Waals surface area contributed by atoms with E-state index in [0.717, 1.165) is 42.2 Å². The van der Waals surface area contributed by atoms with Crippen LogP contribution in [0.4, 0.5) is 24.5 Å². The van der Waals surface area contributed by atoms with Gasteiger partial charge in [0.05, 0.1) is 18.8 Å². The van der Waals surface area contributed by atoms with Crippen molar-refractivity contribution in [3.63, 3.8) is 0 Å². The third-order valence-electron chi connectivity index (χ3n) is 5.30. The van der Waals surface area contributed by atoms with Crippen molar-refractivity contribution in [2.75, 3.05) is 36.5 Å². The molecule has 1 saturated carbocycles. The summed E-state index contributed by atoms with van der Waals surface area (Å²) >= 11 is 0. The third kappa shape index (κ3) is 4.14. The standard InChI is InChI=1S/C21H21F3N2O2/c22-21(23,24)15-3-1-14(2-4-15)18-13-19(18)20(27)25-16-5-7-17(8-6-16)26-9-11-28-12-10-26/h1-8,18-19H,9-13H2,(H,25,27)/t18-,19-/m0/s1. The van der Waals surface area contributed by atoms with Crippen LogP contribution in [-0.4, -0.2) is 32.2 Å². The summed E-state index contributed by atoms with van der Waals surface area (Å²) in [4.78, 5) is 14.7. The van der Waals surface area contributed by atoms with Crippen LogP contribution < -0.4 is 10.2 Å². The van der Waals surface area contributed by atoms with E-state index >= 15 is 0 Å². The summed E-state index contributed by atoms with van der Waals surface area (Å²) in [5, 5.41) is 2.91. The smallest absolute Gasteiger partial charge is 0.378 e. The number of anilines is 2. The van der Waals surface area contributed by atoms with Crippen LogP contribution in [0.15, 0.2) is 48.5 Å². The van der Waals surface area contributed by atoms with Crippen molar-refractivity contribution in [3.8, 4) is 0 Å². The third-order valence-corrected chi connectivity index (χ3v) is 5.30. The molecule has 0 bridgehead atoms. The van der Waals surface area contributed by atoms with Crippen molar-refractivity contribution < 1.29 is 22.7 Å². The number of nitrogens with one attached hydrogen (secondary N) is 1. The van der Waals surface area contributed by atoms with E-state index in [1.165, 1.54) is 12.1 Å². The number of alkyl halides is 3. The van der Waals surface area contributed by atoms with Gasteiger partial charge in [-0.15, -0.1) is 0 Å². The molecule has 4 rings (SSSR count). The first kappa shape index (κ1) is 18.8. The predicted octanol–water partition coefficient (Wildman–Crippen LogP) is 4.28. The molecule has 1 heterocycles. The molecule has 0 spiro atoms. The highest BCUT2D eigenvalue weighted by molar-refractivity contribution is 5.95. The number of rotatable bonds is 4. The van der Waals surface area contributed by atoms with Gasteiger partial charge in [0.15, 0.2) is 0 Å².